The first-order chi connectivity index (χ1) is 8.10. The third-order valence-electron chi connectivity index (χ3n) is 2.65. The van der Waals surface area contributed by atoms with Crippen molar-refractivity contribution in [2.24, 2.45) is 5.92 Å². The van der Waals surface area contributed by atoms with Crippen molar-refractivity contribution < 1.29 is 9.18 Å². The molecule has 1 atom stereocenters. The molecule has 1 unspecified atom stereocenters. The highest BCUT2D eigenvalue weighted by atomic mass is 19.1. The van der Waals surface area contributed by atoms with Gasteiger partial charge in [0.15, 0.2) is 5.78 Å². The molecule has 0 amide bonds. The summed E-state index contributed by atoms with van der Waals surface area (Å²) in [6, 6.07) is 7.91. The Balaban J connectivity index is 3.08. The first-order valence-corrected chi connectivity index (χ1v) is 5.50. The quantitative estimate of drug-likeness (QED) is 0.589. The van der Waals surface area contributed by atoms with Crippen LogP contribution >= 0.6 is 0 Å². The van der Waals surface area contributed by atoms with Crippen LogP contribution in [-0.2, 0) is 4.79 Å². The maximum absolute atomic E-state index is 13.4. The van der Waals surface area contributed by atoms with Crippen molar-refractivity contribution in [1.29, 1.82) is 5.26 Å². The fraction of sp³-hybridized carbons (Fsp3) is 0.286. The molecule has 88 valence electrons. The molecule has 0 N–H and O–H groups in total. The van der Waals surface area contributed by atoms with Crippen molar-refractivity contribution in [1.82, 2.24) is 0 Å². The lowest BCUT2D eigenvalue weighted by atomic mass is 9.96. The molecule has 0 saturated carbocycles. The molecular formula is C14H14FNO. The largest absolute Gasteiger partial charge is 0.293 e. The minimum Gasteiger partial charge on any atom is -0.293 e. The minimum absolute atomic E-state index is 0.00412. The Bertz CT molecular complexity index is 485. The van der Waals surface area contributed by atoms with Gasteiger partial charge in [0, 0.05) is 11.5 Å². The molecule has 0 aliphatic rings. The predicted molar refractivity (Wildman–Crippen MR) is 64.5 cm³/mol. The summed E-state index contributed by atoms with van der Waals surface area (Å²) >= 11 is 0. The number of hydrogen-bond donors (Lipinski definition) is 0. The van der Waals surface area contributed by atoms with Gasteiger partial charge in [-0.1, -0.05) is 32.0 Å². The van der Waals surface area contributed by atoms with E-state index in [4.69, 9.17) is 5.26 Å². The molecule has 0 radical (unpaired) electrons. The smallest absolute Gasteiger partial charge is 0.176 e. The number of carbonyl (C=O) groups is 1. The standard InChI is InChI=1S/C14H14FNO/c1-3-10(2)14(17)12(9-16)8-11-6-4-5-7-13(11)15/h4-8,10H,3H2,1-2H3/b12-8+. The number of hydrogen-bond acceptors (Lipinski definition) is 2. The minimum atomic E-state index is -0.433. The number of allylic oxidation sites excluding steroid dienone is 1. The normalized spacial score (nSPS) is 12.9. The number of halogens is 1. The lowest BCUT2D eigenvalue weighted by Crippen LogP contribution is -2.11. The fourth-order valence-electron chi connectivity index (χ4n) is 1.36. The van der Waals surface area contributed by atoms with Crippen LogP contribution in [0.5, 0.6) is 0 Å². The number of nitriles is 1. The molecule has 0 aliphatic heterocycles. The van der Waals surface area contributed by atoms with Gasteiger partial charge in [0.1, 0.15) is 11.9 Å². The van der Waals surface area contributed by atoms with Gasteiger partial charge in [0.05, 0.1) is 5.57 Å². The van der Waals surface area contributed by atoms with E-state index in [0.717, 1.165) is 0 Å². The van der Waals surface area contributed by atoms with Gasteiger partial charge in [-0.15, -0.1) is 0 Å². The highest BCUT2D eigenvalue weighted by molar-refractivity contribution is 6.04. The molecule has 0 aromatic heterocycles. The molecule has 1 aromatic carbocycles. The molecule has 2 nitrogen and oxygen atoms in total. The van der Waals surface area contributed by atoms with Crippen LogP contribution in [0.4, 0.5) is 4.39 Å². The van der Waals surface area contributed by atoms with Crippen molar-refractivity contribution in [3.8, 4) is 6.07 Å². The first-order valence-electron chi connectivity index (χ1n) is 5.50. The lowest BCUT2D eigenvalue weighted by molar-refractivity contribution is -0.118. The van der Waals surface area contributed by atoms with Gasteiger partial charge in [-0.2, -0.15) is 5.26 Å². The van der Waals surface area contributed by atoms with Gasteiger partial charge in [-0.25, -0.2) is 4.39 Å². The van der Waals surface area contributed by atoms with Gasteiger partial charge in [-0.05, 0) is 18.6 Å². The molecule has 17 heavy (non-hydrogen) atoms. The van der Waals surface area contributed by atoms with Gasteiger partial charge in [0.2, 0.25) is 0 Å². The summed E-state index contributed by atoms with van der Waals surface area (Å²) in [4.78, 5) is 11.8. The zero-order valence-electron chi connectivity index (χ0n) is 9.90. The van der Waals surface area contributed by atoms with E-state index in [2.05, 4.69) is 0 Å². The van der Waals surface area contributed by atoms with E-state index < -0.39 is 5.82 Å². The topological polar surface area (TPSA) is 40.9 Å². The van der Waals surface area contributed by atoms with Crippen LogP contribution in [-0.4, -0.2) is 5.78 Å². The monoisotopic (exact) mass is 231 g/mol. The summed E-state index contributed by atoms with van der Waals surface area (Å²) in [6.07, 6.45) is 1.97. The van der Waals surface area contributed by atoms with E-state index in [-0.39, 0.29) is 22.8 Å². The summed E-state index contributed by atoms with van der Waals surface area (Å²) in [6.45, 7) is 3.63. The predicted octanol–water partition coefficient (Wildman–Crippen LogP) is 3.35. The number of Topliss-reactive ketones (excluding diaryl/α,β-unsaturated/α-hetero) is 1. The highest BCUT2D eigenvalue weighted by Crippen LogP contribution is 2.15. The molecule has 0 bridgehead atoms. The second kappa shape index (κ2) is 5.95. The molecule has 0 saturated heterocycles. The molecule has 1 rings (SSSR count). The number of carbonyl (C=O) groups excluding carboxylic acids is 1. The van der Waals surface area contributed by atoms with Crippen LogP contribution < -0.4 is 0 Å². The second-order valence-corrected chi connectivity index (χ2v) is 3.86. The van der Waals surface area contributed by atoms with E-state index in [1.165, 1.54) is 18.2 Å². The van der Waals surface area contributed by atoms with E-state index in [1.807, 2.05) is 13.0 Å². The Kier molecular flexibility index (Phi) is 4.59. The van der Waals surface area contributed by atoms with Crippen molar-refractivity contribution in [2.75, 3.05) is 0 Å². The van der Waals surface area contributed by atoms with Crippen molar-refractivity contribution in [2.45, 2.75) is 20.3 Å². The molecule has 0 heterocycles. The van der Waals surface area contributed by atoms with Crippen LogP contribution in [0.3, 0.4) is 0 Å². The third kappa shape index (κ3) is 3.25. The summed E-state index contributed by atoms with van der Waals surface area (Å²) in [7, 11) is 0. The number of ketones is 1. The molecule has 3 heteroatoms. The first kappa shape index (κ1) is 13.1. The second-order valence-electron chi connectivity index (χ2n) is 3.86. The van der Waals surface area contributed by atoms with E-state index >= 15 is 0 Å². The Morgan fingerprint density at radius 3 is 2.71 bits per heavy atom. The molecule has 0 aliphatic carbocycles. The van der Waals surface area contributed by atoms with Crippen molar-refractivity contribution in [3.63, 3.8) is 0 Å². The third-order valence-corrected chi connectivity index (χ3v) is 2.65. The van der Waals surface area contributed by atoms with E-state index in [0.29, 0.717) is 6.42 Å². The summed E-state index contributed by atoms with van der Waals surface area (Å²) in [5.41, 5.74) is 0.269. The van der Waals surface area contributed by atoms with Crippen molar-refractivity contribution in [3.05, 3.63) is 41.2 Å². The molecular weight excluding hydrogens is 217 g/mol. The van der Waals surface area contributed by atoms with E-state index in [1.54, 1.807) is 19.1 Å². The zero-order chi connectivity index (χ0) is 12.8. The van der Waals surface area contributed by atoms with Crippen molar-refractivity contribution >= 4 is 11.9 Å². The SMILES string of the molecule is CCC(C)C(=O)/C(C#N)=C/c1ccccc1F. The molecule has 1 aromatic rings. The number of rotatable bonds is 4. The van der Waals surface area contributed by atoms with Crippen LogP contribution in [0.15, 0.2) is 29.8 Å². The fourth-order valence-corrected chi connectivity index (χ4v) is 1.36. The lowest BCUT2D eigenvalue weighted by Gasteiger charge is -2.05. The number of nitrogens with zero attached hydrogens (tertiary/aromatic N) is 1. The van der Waals surface area contributed by atoms with E-state index in [9.17, 15) is 9.18 Å². The van der Waals surface area contributed by atoms with Gasteiger partial charge >= 0.3 is 0 Å². The molecule has 0 spiro atoms. The highest BCUT2D eigenvalue weighted by Gasteiger charge is 2.16. The Morgan fingerprint density at radius 2 is 2.18 bits per heavy atom. The summed E-state index contributed by atoms with van der Waals surface area (Å²) in [5.74, 6) is -0.886. The maximum atomic E-state index is 13.4. The molecule has 0 fully saturated rings. The number of benzene rings is 1. The van der Waals surface area contributed by atoms with Gasteiger partial charge < -0.3 is 0 Å². The summed E-state index contributed by atoms with van der Waals surface area (Å²) < 4.78 is 13.4. The van der Waals surface area contributed by atoms with Crippen LogP contribution in [0.25, 0.3) is 6.08 Å². The Labute approximate surface area is 100 Å². The summed E-state index contributed by atoms with van der Waals surface area (Å²) in [5, 5.41) is 8.93. The average Bonchev–Trinajstić information content (AvgIpc) is 2.36. The van der Waals surface area contributed by atoms with Gasteiger partial charge in [-0.3, -0.25) is 4.79 Å². The van der Waals surface area contributed by atoms with Gasteiger partial charge in [0.25, 0.3) is 0 Å². The average molecular weight is 231 g/mol. The Morgan fingerprint density at radius 1 is 1.53 bits per heavy atom. The zero-order valence-corrected chi connectivity index (χ0v) is 9.90. The maximum Gasteiger partial charge on any atom is 0.176 e. The van der Waals surface area contributed by atoms with Crippen LogP contribution in [0.1, 0.15) is 25.8 Å². The Hall–Kier alpha value is -1.95. The van der Waals surface area contributed by atoms with Crippen LogP contribution in [0, 0.1) is 23.1 Å². The van der Waals surface area contributed by atoms with Crippen LogP contribution in [0.2, 0.25) is 0 Å².